The van der Waals surface area contributed by atoms with Crippen LogP contribution in [0.5, 0.6) is 0 Å². The number of nitrogens with zero attached hydrogens (tertiary/aromatic N) is 2. The highest BCUT2D eigenvalue weighted by Crippen LogP contribution is 2.65. The third-order valence-corrected chi connectivity index (χ3v) is 12.2. The van der Waals surface area contributed by atoms with Crippen LogP contribution in [0.3, 0.4) is 0 Å². The van der Waals surface area contributed by atoms with Crippen LogP contribution in [-0.4, -0.2) is 88.4 Å². The number of hydrogen-bond acceptors (Lipinski definition) is 7. The van der Waals surface area contributed by atoms with E-state index in [9.17, 15) is 33.6 Å². The molecular formula is C37H58N6O7. The number of carbonyl (C=O) groups excluding carboxylic acids is 7. The van der Waals surface area contributed by atoms with E-state index in [2.05, 4.69) is 29.8 Å². The number of rotatable bonds is 12. The highest BCUT2D eigenvalue weighted by atomic mass is 16.2. The first-order valence-corrected chi connectivity index (χ1v) is 18.6. The van der Waals surface area contributed by atoms with Crippen molar-refractivity contribution in [2.45, 2.75) is 137 Å². The largest absolute Gasteiger partial charge is 0.363 e. The average Bonchev–Trinajstić information content (AvgIpc) is 3.86. The summed E-state index contributed by atoms with van der Waals surface area (Å²) in [7, 11) is 0. The Morgan fingerprint density at radius 3 is 2.02 bits per heavy atom. The molecule has 7 amide bonds. The lowest BCUT2D eigenvalue weighted by Gasteiger charge is -2.40. The van der Waals surface area contributed by atoms with E-state index in [4.69, 9.17) is 5.73 Å². The Labute approximate surface area is 295 Å². The van der Waals surface area contributed by atoms with Gasteiger partial charge in [0.1, 0.15) is 12.1 Å². The van der Waals surface area contributed by atoms with Crippen LogP contribution in [-0.2, 0) is 28.8 Å². The van der Waals surface area contributed by atoms with E-state index in [1.807, 2.05) is 34.6 Å². The van der Waals surface area contributed by atoms with Gasteiger partial charge in [-0.15, -0.1) is 0 Å². The van der Waals surface area contributed by atoms with Gasteiger partial charge in [0, 0.05) is 25.9 Å². The van der Waals surface area contributed by atoms with Crippen molar-refractivity contribution < 1.29 is 33.6 Å². The second-order valence-electron chi connectivity index (χ2n) is 18.2. The Bertz CT molecular complexity index is 1390. The minimum absolute atomic E-state index is 0.0194. The van der Waals surface area contributed by atoms with Gasteiger partial charge in [0.15, 0.2) is 0 Å². The molecule has 3 saturated carbocycles. The van der Waals surface area contributed by atoms with E-state index in [1.54, 1.807) is 4.90 Å². The first-order valence-electron chi connectivity index (χ1n) is 18.6. The molecule has 278 valence electrons. The lowest BCUT2D eigenvalue weighted by molar-refractivity contribution is -0.153. The summed E-state index contributed by atoms with van der Waals surface area (Å²) in [6.07, 6.45) is 6.99. The van der Waals surface area contributed by atoms with Gasteiger partial charge in [-0.2, -0.15) is 0 Å². The number of amides is 7. The number of primary amides is 1. The fourth-order valence-corrected chi connectivity index (χ4v) is 8.66. The molecule has 0 aromatic rings. The molecule has 5 fully saturated rings. The molecule has 5 aliphatic rings. The Balaban J connectivity index is 1.34. The number of imide groups is 1. The van der Waals surface area contributed by atoms with E-state index in [-0.39, 0.29) is 66.2 Å². The second kappa shape index (κ2) is 13.9. The van der Waals surface area contributed by atoms with Crippen molar-refractivity contribution >= 4 is 41.4 Å². The van der Waals surface area contributed by atoms with Crippen molar-refractivity contribution in [3.8, 4) is 0 Å². The van der Waals surface area contributed by atoms with Gasteiger partial charge in [-0.05, 0) is 59.2 Å². The summed E-state index contributed by atoms with van der Waals surface area (Å²) in [5, 5.41) is 8.77. The molecule has 1 unspecified atom stereocenters. The van der Waals surface area contributed by atoms with Crippen LogP contribution < -0.4 is 21.7 Å². The first-order chi connectivity index (χ1) is 23.2. The van der Waals surface area contributed by atoms with E-state index in [1.165, 1.54) is 4.90 Å². The molecule has 13 nitrogen and oxygen atoms in total. The fourth-order valence-electron chi connectivity index (χ4n) is 8.66. The Morgan fingerprint density at radius 2 is 1.48 bits per heavy atom. The molecule has 0 spiro atoms. The molecule has 3 aliphatic carbocycles. The molecule has 0 aromatic heterocycles. The molecule has 5 rings (SSSR count). The zero-order valence-corrected chi connectivity index (χ0v) is 30.9. The van der Waals surface area contributed by atoms with Crippen LogP contribution in [0.1, 0.15) is 113 Å². The number of carbonyl (C=O) groups is 7. The molecule has 2 heterocycles. The predicted molar refractivity (Wildman–Crippen MR) is 185 cm³/mol. The molecule has 5 N–H and O–H groups in total. The number of piperidine rings is 2. The Morgan fingerprint density at radius 1 is 0.880 bits per heavy atom. The third kappa shape index (κ3) is 8.17. The highest BCUT2D eigenvalue weighted by Gasteiger charge is 2.70. The van der Waals surface area contributed by atoms with E-state index >= 15 is 0 Å². The molecular weight excluding hydrogens is 640 g/mol. The van der Waals surface area contributed by atoms with Gasteiger partial charge in [0.25, 0.3) is 5.91 Å². The maximum atomic E-state index is 14.6. The van der Waals surface area contributed by atoms with Gasteiger partial charge in [-0.1, -0.05) is 80.6 Å². The monoisotopic (exact) mass is 698 g/mol. The van der Waals surface area contributed by atoms with Crippen molar-refractivity contribution in [2.24, 2.45) is 45.7 Å². The Hall–Kier alpha value is -3.51. The van der Waals surface area contributed by atoms with Gasteiger partial charge in [-0.25, -0.2) is 4.79 Å². The Kier molecular flexibility index (Phi) is 10.5. The van der Waals surface area contributed by atoms with Crippen LogP contribution in [0.2, 0.25) is 0 Å². The van der Waals surface area contributed by atoms with Gasteiger partial charge >= 0.3 is 6.03 Å². The summed E-state index contributed by atoms with van der Waals surface area (Å²) in [4.78, 5) is 95.8. The number of ketones is 1. The second-order valence-corrected chi connectivity index (χ2v) is 18.2. The summed E-state index contributed by atoms with van der Waals surface area (Å²) < 4.78 is 0. The maximum absolute atomic E-state index is 14.6. The first kappa shape index (κ1) is 37.7. The van der Waals surface area contributed by atoms with Crippen LogP contribution in [0.25, 0.3) is 0 Å². The molecule has 6 atom stereocenters. The van der Waals surface area contributed by atoms with E-state index in [0.29, 0.717) is 13.0 Å². The van der Waals surface area contributed by atoms with Crippen LogP contribution in [0.15, 0.2) is 0 Å². The number of Topliss-reactive ketones (excluding diaryl/α,β-unsaturated/α-hetero) is 1. The molecule has 50 heavy (non-hydrogen) atoms. The minimum atomic E-state index is -1.10. The molecule has 2 aliphatic heterocycles. The lowest BCUT2D eigenvalue weighted by Crippen LogP contribution is -2.62. The number of nitrogens with one attached hydrogen (secondary N) is 3. The van der Waals surface area contributed by atoms with Crippen molar-refractivity contribution in [2.75, 3.05) is 13.1 Å². The molecule has 2 saturated heterocycles. The quantitative estimate of drug-likeness (QED) is 0.178. The van der Waals surface area contributed by atoms with E-state index < -0.39 is 58.6 Å². The van der Waals surface area contributed by atoms with Crippen molar-refractivity contribution in [3.63, 3.8) is 0 Å². The number of nitrogens with two attached hydrogens (primary N) is 1. The molecule has 13 heteroatoms. The summed E-state index contributed by atoms with van der Waals surface area (Å²) in [6, 6.07) is -3.97. The topological polar surface area (TPSA) is 188 Å². The van der Waals surface area contributed by atoms with E-state index in [0.717, 1.165) is 44.9 Å². The number of hydrogen-bond donors (Lipinski definition) is 4. The average molecular weight is 699 g/mol. The summed E-state index contributed by atoms with van der Waals surface area (Å²) in [5.41, 5.74) is 4.20. The van der Waals surface area contributed by atoms with Crippen molar-refractivity contribution in [3.05, 3.63) is 0 Å². The standard InChI is InChI=1S/C37H58N6O7/c1-35(2,3)24(19-42-25(44)16-36(4,5)17-26(42)45)40-34(50)41-28(21-11-9-8-10-12-21)33(49)43-18-22-27(37(22,6)7)29(43)32(48)39-23(15-20-13-14-20)30(46)31(38)47/h20-24,27-29H,8-19H2,1-7H3,(H2,38,47)(H,39,48)(H2,40,41,50)/t22-,23?,24+,27-,28-,29-/m0/s1. The lowest BCUT2D eigenvalue weighted by atomic mass is 9.80. The van der Waals surface area contributed by atoms with Crippen LogP contribution >= 0.6 is 0 Å². The smallest absolute Gasteiger partial charge is 0.315 e. The molecule has 0 aromatic carbocycles. The zero-order chi connectivity index (χ0) is 36.9. The maximum Gasteiger partial charge on any atom is 0.315 e. The van der Waals surface area contributed by atoms with Crippen LogP contribution in [0.4, 0.5) is 4.79 Å². The summed E-state index contributed by atoms with van der Waals surface area (Å²) >= 11 is 0. The zero-order valence-electron chi connectivity index (χ0n) is 30.9. The SMILES string of the molecule is CC1(C)CC(=O)N(C[C@@H](NC(=O)N[C@H](C(=O)N2C[C@H]3[C@@H]([C@H]2C(=O)NC(CC2CC2)C(=O)C(N)=O)C3(C)C)C2CCCCC2)C(C)(C)C)C(=O)C1. The molecule has 0 radical (unpaired) electrons. The van der Waals surface area contributed by atoms with Crippen molar-refractivity contribution in [1.82, 2.24) is 25.8 Å². The number of likely N-dealkylation sites (tertiary alicyclic amines) is 2. The normalized spacial score (nSPS) is 27.9. The van der Waals surface area contributed by atoms with Gasteiger partial charge < -0.3 is 26.6 Å². The molecule has 0 bridgehead atoms. The summed E-state index contributed by atoms with van der Waals surface area (Å²) in [5.74, 6) is -3.25. The van der Waals surface area contributed by atoms with Gasteiger partial charge in [0.05, 0.1) is 12.1 Å². The summed E-state index contributed by atoms with van der Waals surface area (Å²) in [6.45, 7) is 14.0. The number of fused-ring (bicyclic) bond motifs is 1. The van der Waals surface area contributed by atoms with Crippen molar-refractivity contribution in [1.29, 1.82) is 0 Å². The minimum Gasteiger partial charge on any atom is -0.363 e. The van der Waals surface area contributed by atoms with Crippen LogP contribution in [0, 0.1) is 39.9 Å². The predicted octanol–water partition coefficient (Wildman–Crippen LogP) is 2.65. The number of urea groups is 1. The third-order valence-electron chi connectivity index (χ3n) is 12.2. The van der Waals surface area contributed by atoms with Gasteiger partial charge in [-0.3, -0.25) is 33.7 Å². The fraction of sp³-hybridized carbons (Fsp3) is 0.811. The highest BCUT2D eigenvalue weighted by molar-refractivity contribution is 6.37. The van der Waals surface area contributed by atoms with Gasteiger partial charge in [0.2, 0.25) is 29.4 Å².